The van der Waals surface area contributed by atoms with Gasteiger partial charge in [0.05, 0.1) is 0 Å². The van der Waals surface area contributed by atoms with Crippen LogP contribution in [0.25, 0.3) is 11.1 Å². The SMILES string of the molecule is CCc1ccc(-c2cccc(SN[C@@H](Cc3cccc(/C(N)=N\O)c3)C(=O)N3CCC(CCCC(=O)NC)CC3)c2)cc1. The lowest BCUT2D eigenvalue weighted by atomic mass is 9.91. The molecule has 2 amide bonds. The summed E-state index contributed by atoms with van der Waals surface area (Å²) in [6.45, 7) is 3.57. The number of nitrogens with one attached hydrogen (secondary N) is 2. The van der Waals surface area contributed by atoms with E-state index in [0.29, 0.717) is 37.4 Å². The van der Waals surface area contributed by atoms with E-state index in [1.54, 1.807) is 13.1 Å². The minimum absolute atomic E-state index is 0.0364. The summed E-state index contributed by atoms with van der Waals surface area (Å²) in [5.74, 6) is 0.710. The quantitative estimate of drug-likeness (QED) is 0.0687. The van der Waals surface area contributed by atoms with Crippen LogP contribution in [-0.4, -0.2) is 53.9 Å². The highest BCUT2D eigenvalue weighted by Gasteiger charge is 2.29. The Kier molecular flexibility index (Phi) is 12.1. The molecule has 228 valence electrons. The number of rotatable bonds is 13. The number of hydrogen-bond donors (Lipinski definition) is 4. The summed E-state index contributed by atoms with van der Waals surface area (Å²) in [7, 11) is 1.67. The highest BCUT2D eigenvalue weighted by Crippen LogP contribution is 2.27. The fourth-order valence-corrected chi connectivity index (χ4v) is 6.28. The molecule has 0 spiro atoms. The van der Waals surface area contributed by atoms with Crippen molar-refractivity contribution in [2.75, 3.05) is 20.1 Å². The molecule has 3 aromatic rings. The van der Waals surface area contributed by atoms with Crippen molar-refractivity contribution in [2.24, 2.45) is 16.8 Å². The predicted octanol–water partition coefficient (Wildman–Crippen LogP) is 5.37. The minimum atomic E-state index is -0.468. The Hall–Kier alpha value is -3.82. The van der Waals surface area contributed by atoms with Crippen molar-refractivity contribution in [1.29, 1.82) is 0 Å². The lowest BCUT2D eigenvalue weighted by Crippen LogP contribution is -2.48. The first-order valence-electron chi connectivity index (χ1n) is 15.1. The van der Waals surface area contributed by atoms with Crippen molar-refractivity contribution in [2.45, 2.75) is 62.8 Å². The molecule has 0 unspecified atom stereocenters. The number of amides is 2. The second-order valence-electron chi connectivity index (χ2n) is 11.1. The molecule has 1 heterocycles. The molecule has 1 aliphatic heterocycles. The molecule has 8 nitrogen and oxygen atoms in total. The molecule has 0 bridgehead atoms. The number of amidine groups is 1. The van der Waals surface area contributed by atoms with Crippen LogP contribution in [0, 0.1) is 5.92 Å². The fourth-order valence-electron chi connectivity index (χ4n) is 5.48. The van der Waals surface area contributed by atoms with Crippen molar-refractivity contribution in [3.63, 3.8) is 0 Å². The standard InChI is InChI=1S/C34H43N5O3S/c1-3-24-13-15-27(16-14-24)28-9-6-11-30(23-28)43-38-31(22-26-8-4-10-29(21-26)33(35)37-42)34(41)39-19-17-25(18-20-39)7-5-12-32(40)36-2/h4,6,8-11,13-16,21,23,25,31,38,42H,3,5,7,12,17-20,22H2,1-2H3,(H2,35,37)(H,36,40)/t31-/m0/s1. The van der Waals surface area contributed by atoms with E-state index in [1.165, 1.54) is 17.5 Å². The van der Waals surface area contributed by atoms with E-state index in [4.69, 9.17) is 10.9 Å². The Morgan fingerprint density at radius 1 is 1.02 bits per heavy atom. The molecule has 1 saturated heterocycles. The first kappa shape index (κ1) is 32.1. The number of hydrogen-bond acceptors (Lipinski definition) is 6. The molecule has 43 heavy (non-hydrogen) atoms. The molecular formula is C34H43N5O3S. The van der Waals surface area contributed by atoms with Crippen LogP contribution in [-0.2, 0) is 22.4 Å². The van der Waals surface area contributed by atoms with E-state index in [0.717, 1.165) is 53.7 Å². The molecule has 0 radical (unpaired) electrons. The number of oxime groups is 1. The van der Waals surface area contributed by atoms with Crippen LogP contribution in [0.3, 0.4) is 0 Å². The zero-order chi connectivity index (χ0) is 30.6. The normalized spacial score (nSPS) is 14.8. The van der Waals surface area contributed by atoms with Crippen LogP contribution in [0.4, 0.5) is 0 Å². The van der Waals surface area contributed by atoms with Gasteiger partial charge in [-0.15, -0.1) is 0 Å². The zero-order valence-electron chi connectivity index (χ0n) is 25.1. The van der Waals surface area contributed by atoms with Gasteiger partial charge in [-0.2, -0.15) is 0 Å². The number of benzene rings is 3. The summed E-state index contributed by atoms with van der Waals surface area (Å²) in [6, 6.07) is 24.0. The van der Waals surface area contributed by atoms with E-state index in [-0.39, 0.29) is 17.6 Å². The monoisotopic (exact) mass is 601 g/mol. The van der Waals surface area contributed by atoms with Crippen molar-refractivity contribution in [1.82, 2.24) is 14.9 Å². The smallest absolute Gasteiger partial charge is 0.240 e. The van der Waals surface area contributed by atoms with Gasteiger partial charge in [-0.1, -0.05) is 66.7 Å². The second-order valence-corrected chi connectivity index (χ2v) is 12.0. The summed E-state index contributed by atoms with van der Waals surface area (Å²) < 4.78 is 3.48. The Morgan fingerprint density at radius 3 is 2.47 bits per heavy atom. The van der Waals surface area contributed by atoms with Gasteiger partial charge in [0, 0.05) is 37.0 Å². The third kappa shape index (κ3) is 9.33. The predicted molar refractivity (Wildman–Crippen MR) is 174 cm³/mol. The number of likely N-dealkylation sites (tertiary alicyclic amines) is 1. The Morgan fingerprint density at radius 2 is 1.77 bits per heavy atom. The third-order valence-corrected chi connectivity index (χ3v) is 9.03. The van der Waals surface area contributed by atoms with Crippen LogP contribution in [0.1, 0.15) is 55.7 Å². The summed E-state index contributed by atoms with van der Waals surface area (Å²) in [4.78, 5) is 28.5. The van der Waals surface area contributed by atoms with E-state index < -0.39 is 6.04 Å². The average Bonchev–Trinajstić information content (AvgIpc) is 3.06. The number of aryl methyl sites for hydroxylation is 1. The zero-order valence-corrected chi connectivity index (χ0v) is 25.9. The summed E-state index contributed by atoms with van der Waals surface area (Å²) in [5, 5.41) is 15.0. The minimum Gasteiger partial charge on any atom is -0.409 e. The van der Waals surface area contributed by atoms with E-state index in [2.05, 4.69) is 58.5 Å². The molecule has 0 aromatic heterocycles. The molecule has 3 aromatic carbocycles. The summed E-state index contributed by atoms with van der Waals surface area (Å²) >= 11 is 1.46. The molecule has 1 atom stereocenters. The molecule has 1 aliphatic rings. The molecular weight excluding hydrogens is 558 g/mol. The number of piperidine rings is 1. The fraction of sp³-hybridized carbons (Fsp3) is 0.382. The van der Waals surface area contributed by atoms with Crippen molar-refractivity contribution < 1.29 is 14.8 Å². The van der Waals surface area contributed by atoms with E-state index >= 15 is 0 Å². The van der Waals surface area contributed by atoms with Crippen molar-refractivity contribution in [3.05, 3.63) is 89.5 Å². The molecule has 1 fully saturated rings. The maximum Gasteiger partial charge on any atom is 0.240 e. The van der Waals surface area contributed by atoms with Crippen LogP contribution in [0.15, 0.2) is 82.8 Å². The largest absolute Gasteiger partial charge is 0.409 e. The van der Waals surface area contributed by atoms with Crippen LogP contribution < -0.4 is 15.8 Å². The van der Waals surface area contributed by atoms with Crippen LogP contribution in [0.5, 0.6) is 0 Å². The first-order valence-corrected chi connectivity index (χ1v) is 15.9. The lowest BCUT2D eigenvalue weighted by Gasteiger charge is -2.34. The van der Waals surface area contributed by atoms with E-state index in [9.17, 15) is 9.59 Å². The molecule has 0 aliphatic carbocycles. The number of carbonyl (C=O) groups is 2. The molecule has 9 heteroatoms. The van der Waals surface area contributed by atoms with Gasteiger partial charge in [0.15, 0.2) is 5.84 Å². The number of nitrogens with two attached hydrogens (primary N) is 1. The summed E-state index contributed by atoms with van der Waals surface area (Å²) in [5.41, 5.74) is 11.0. The van der Waals surface area contributed by atoms with Gasteiger partial charge in [0.25, 0.3) is 0 Å². The first-order chi connectivity index (χ1) is 20.9. The lowest BCUT2D eigenvalue weighted by molar-refractivity contribution is -0.134. The number of carbonyl (C=O) groups excluding carboxylic acids is 2. The van der Waals surface area contributed by atoms with Gasteiger partial charge in [-0.05, 0) is 96.8 Å². The number of nitrogens with zero attached hydrogens (tertiary/aromatic N) is 2. The topological polar surface area (TPSA) is 120 Å². The summed E-state index contributed by atoms with van der Waals surface area (Å²) in [6.07, 6.45) is 5.78. The van der Waals surface area contributed by atoms with Crippen molar-refractivity contribution in [3.8, 4) is 11.1 Å². The highest BCUT2D eigenvalue weighted by molar-refractivity contribution is 7.97. The van der Waals surface area contributed by atoms with Gasteiger partial charge < -0.3 is 21.2 Å². The highest BCUT2D eigenvalue weighted by atomic mass is 32.2. The second kappa shape index (κ2) is 16.1. The van der Waals surface area contributed by atoms with Gasteiger partial charge in [-0.3, -0.25) is 9.59 Å². The third-order valence-electron chi connectivity index (χ3n) is 8.14. The maximum atomic E-state index is 13.9. The molecule has 4 rings (SSSR count). The molecule has 0 saturated carbocycles. The Balaban J connectivity index is 1.45. The van der Waals surface area contributed by atoms with Gasteiger partial charge in [0.2, 0.25) is 11.8 Å². The van der Waals surface area contributed by atoms with Crippen LogP contribution >= 0.6 is 11.9 Å². The van der Waals surface area contributed by atoms with Gasteiger partial charge >= 0.3 is 0 Å². The average molecular weight is 602 g/mol. The maximum absolute atomic E-state index is 13.9. The van der Waals surface area contributed by atoms with Gasteiger partial charge in [0.1, 0.15) is 6.04 Å². The Labute approximate surface area is 259 Å². The van der Waals surface area contributed by atoms with E-state index in [1.807, 2.05) is 35.2 Å². The van der Waals surface area contributed by atoms with Crippen LogP contribution in [0.2, 0.25) is 0 Å². The Bertz CT molecular complexity index is 1390. The molecule has 5 N–H and O–H groups in total. The van der Waals surface area contributed by atoms with Gasteiger partial charge in [-0.25, -0.2) is 4.72 Å². The van der Waals surface area contributed by atoms with Crippen molar-refractivity contribution >= 4 is 29.6 Å².